The molecule has 3 aromatic rings. The SMILES string of the molecule is CC[C](CCc1ccccc1)c1cccc2ccccc12. The van der Waals surface area contributed by atoms with Crippen LogP contribution in [0.2, 0.25) is 0 Å². The quantitative estimate of drug-likeness (QED) is 0.550. The molecule has 0 N–H and O–H groups in total. The summed E-state index contributed by atoms with van der Waals surface area (Å²) in [6.45, 7) is 2.27. The van der Waals surface area contributed by atoms with Crippen molar-refractivity contribution >= 4 is 10.8 Å². The van der Waals surface area contributed by atoms with Gasteiger partial charge < -0.3 is 0 Å². The van der Waals surface area contributed by atoms with E-state index in [1.54, 1.807) is 5.92 Å². The van der Waals surface area contributed by atoms with Crippen molar-refractivity contribution in [3.05, 3.63) is 89.8 Å². The van der Waals surface area contributed by atoms with Crippen LogP contribution in [0.15, 0.2) is 72.8 Å². The van der Waals surface area contributed by atoms with Gasteiger partial charge in [0, 0.05) is 5.92 Å². The van der Waals surface area contributed by atoms with Crippen LogP contribution in [0, 0.1) is 5.92 Å². The third-order valence-corrected chi connectivity index (χ3v) is 4.16. The molecule has 0 aromatic heterocycles. The maximum Gasteiger partial charge on any atom is 0.00567 e. The van der Waals surface area contributed by atoms with Gasteiger partial charge in [-0.3, -0.25) is 0 Å². The highest BCUT2D eigenvalue weighted by Gasteiger charge is 2.13. The second-order valence-corrected chi connectivity index (χ2v) is 5.47. The van der Waals surface area contributed by atoms with E-state index in [4.69, 9.17) is 0 Å². The fourth-order valence-corrected chi connectivity index (χ4v) is 2.98. The van der Waals surface area contributed by atoms with Gasteiger partial charge in [0.25, 0.3) is 0 Å². The van der Waals surface area contributed by atoms with Crippen molar-refractivity contribution in [2.45, 2.75) is 26.2 Å². The van der Waals surface area contributed by atoms with Crippen molar-refractivity contribution in [2.75, 3.05) is 0 Å². The van der Waals surface area contributed by atoms with Gasteiger partial charge in [-0.05, 0) is 41.2 Å². The zero-order valence-corrected chi connectivity index (χ0v) is 12.5. The fraction of sp³-hybridized carbons (Fsp3) is 0.190. The maximum absolute atomic E-state index is 2.27. The molecule has 3 rings (SSSR count). The van der Waals surface area contributed by atoms with Crippen LogP contribution in [0.25, 0.3) is 10.8 Å². The van der Waals surface area contributed by atoms with Gasteiger partial charge in [0.15, 0.2) is 0 Å². The molecule has 1 radical (unpaired) electrons. The zero-order valence-electron chi connectivity index (χ0n) is 12.5. The summed E-state index contributed by atoms with van der Waals surface area (Å²) in [6.07, 6.45) is 3.36. The molecule has 0 atom stereocenters. The van der Waals surface area contributed by atoms with Gasteiger partial charge >= 0.3 is 0 Å². The van der Waals surface area contributed by atoms with E-state index >= 15 is 0 Å². The molecule has 0 heterocycles. The summed E-state index contributed by atoms with van der Waals surface area (Å²) in [6, 6.07) is 26.1. The van der Waals surface area contributed by atoms with Crippen LogP contribution in [0.1, 0.15) is 30.9 Å². The minimum Gasteiger partial charge on any atom is -0.0645 e. The first-order valence-electron chi connectivity index (χ1n) is 7.75. The summed E-state index contributed by atoms with van der Waals surface area (Å²) in [5.41, 5.74) is 2.84. The average Bonchev–Trinajstić information content (AvgIpc) is 2.56. The van der Waals surface area contributed by atoms with E-state index in [2.05, 4.69) is 79.7 Å². The molecule has 21 heavy (non-hydrogen) atoms. The molecule has 0 aliphatic heterocycles. The largest absolute Gasteiger partial charge is 0.0645 e. The Morgan fingerprint density at radius 1 is 0.762 bits per heavy atom. The van der Waals surface area contributed by atoms with E-state index in [1.165, 1.54) is 21.9 Å². The summed E-state index contributed by atoms with van der Waals surface area (Å²) < 4.78 is 0. The van der Waals surface area contributed by atoms with Crippen molar-refractivity contribution in [3.8, 4) is 0 Å². The molecule has 0 heteroatoms. The third kappa shape index (κ3) is 3.16. The van der Waals surface area contributed by atoms with Crippen molar-refractivity contribution in [3.63, 3.8) is 0 Å². The molecule has 105 valence electrons. The van der Waals surface area contributed by atoms with Gasteiger partial charge in [-0.25, -0.2) is 0 Å². The standard InChI is InChI=1S/C21H21/c1-2-18(16-15-17-9-4-3-5-10-17)20-14-8-12-19-11-6-7-13-21(19)20/h3-14H,2,15-16H2,1H3. The van der Waals surface area contributed by atoms with Gasteiger partial charge in [-0.2, -0.15) is 0 Å². The summed E-state index contributed by atoms with van der Waals surface area (Å²) in [4.78, 5) is 0. The number of hydrogen-bond acceptors (Lipinski definition) is 0. The lowest BCUT2D eigenvalue weighted by molar-refractivity contribution is 0.791. The van der Waals surface area contributed by atoms with Crippen LogP contribution >= 0.6 is 0 Å². The van der Waals surface area contributed by atoms with E-state index in [9.17, 15) is 0 Å². The molecule has 0 bridgehead atoms. The van der Waals surface area contributed by atoms with Crippen molar-refractivity contribution < 1.29 is 0 Å². The molecular weight excluding hydrogens is 252 g/mol. The third-order valence-electron chi connectivity index (χ3n) is 4.16. The predicted molar refractivity (Wildman–Crippen MR) is 91.3 cm³/mol. The fourth-order valence-electron chi connectivity index (χ4n) is 2.98. The topological polar surface area (TPSA) is 0 Å². The Labute approximate surface area is 127 Å². The Balaban J connectivity index is 1.85. The van der Waals surface area contributed by atoms with Crippen LogP contribution in [0.3, 0.4) is 0 Å². The molecule has 0 aliphatic rings. The van der Waals surface area contributed by atoms with E-state index < -0.39 is 0 Å². The monoisotopic (exact) mass is 273 g/mol. The van der Waals surface area contributed by atoms with E-state index in [0.717, 1.165) is 19.3 Å². The van der Waals surface area contributed by atoms with Gasteiger partial charge in [-0.15, -0.1) is 0 Å². The van der Waals surface area contributed by atoms with Crippen LogP contribution in [-0.2, 0) is 6.42 Å². The number of hydrogen-bond donors (Lipinski definition) is 0. The summed E-state index contributed by atoms with van der Waals surface area (Å²) >= 11 is 0. The summed E-state index contributed by atoms with van der Waals surface area (Å²) in [5.74, 6) is 1.55. The number of rotatable bonds is 5. The molecule has 0 saturated heterocycles. The molecule has 0 aliphatic carbocycles. The number of benzene rings is 3. The van der Waals surface area contributed by atoms with Crippen LogP contribution in [-0.4, -0.2) is 0 Å². The van der Waals surface area contributed by atoms with Crippen molar-refractivity contribution in [1.29, 1.82) is 0 Å². The van der Waals surface area contributed by atoms with Crippen LogP contribution in [0.4, 0.5) is 0 Å². The highest BCUT2D eigenvalue weighted by molar-refractivity contribution is 5.87. The highest BCUT2D eigenvalue weighted by atomic mass is 14.2. The summed E-state index contributed by atoms with van der Waals surface area (Å²) in [5, 5.41) is 2.71. The Morgan fingerprint density at radius 2 is 1.48 bits per heavy atom. The molecule has 0 saturated carbocycles. The predicted octanol–water partition coefficient (Wildman–Crippen LogP) is 5.81. The number of aryl methyl sites for hydroxylation is 1. The van der Waals surface area contributed by atoms with E-state index in [1.807, 2.05) is 0 Å². The lowest BCUT2D eigenvalue weighted by Crippen LogP contribution is -2.01. The normalized spacial score (nSPS) is 11.1. The van der Waals surface area contributed by atoms with E-state index in [-0.39, 0.29) is 0 Å². The zero-order chi connectivity index (χ0) is 14.5. The molecule has 0 unspecified atom stereocenters. The lowest BCUT2D eigenvalue weighted by atomic mass is 9.87. The highest BCUT2D eigenvalue weighted by Crippen LogP contribution is 2.30. The molecule has 0 amide bonds. The first-order chi connectivity index (χ1) is 10.4. The number of fused-ring (bicyclic) bond motifs is 1. The Hall–Kier alpha value is -2.08. The van der Waals surface area contributed by atoms with Crippen molar-refractivity contribution in [1.82, 2.24) is 0 Å². The molecule has 0 spiro atoms. The first-order valence-corrected chi connectivity index (χ1v) is 7.75. The second-order valence-electron chi connectivity index (χ2n) is 5.47. The smallest absolute Gasteiger partial charge is 0.00567 e. The van der Waals surface area contributed by atoms with Crippen molar-refractivity contribution in [2.24, 2.45) is 0 Å². The lowest BCUT2D eigenvalue weighted by Gasteiger charge is -2.17. The minimum atomic E-state index is 1.11. The van der Waals surface area contributed by atoms with Gasteiger partial charge in [0.2, 0.25) is 0 Å². The molecular formula is C21H21. The van der Waals surface area contributed by atoms with Crippen LogP contribution in [0.5, 0.6) is 0 Å². The Kier molecular flexibility index (Phi) is 4.35. The maximum atomic E-state index is 2.27. The average molecular weight is 273 g/mol. The second kappa shape index (κ2) is 6.58. The molecule has 0 nitrogen and oxygen atoms in total. The first kappa shape index (κ1) is 13.9. The summed E-state index contributed by atoms with van der Waals surface area (Å²) in [7, 11) is 0. The Bertz CT molecular complexity index is 692. The van der Waals surface area contributed by atoms with Gasteiger partial charge in [0.1, 0.15) is 0 Å². The minimum absolute atomic E-state index is 1.11. The van der Waals surface area contributed by atoms with Crippen LogP contribution < -0.4 is 0 Å². The van der Waals surface area contributed by atoms with Gasteiger partial charge in [-0.1, -0.05) is 79.7 Å². The Morgan fingerprint density at radius 3 is 2.29 bits per heavy atom. The van der Waals surface area contributed by atoms with Gasteiger partial charge in [0.05, 0.1) is 0 Å². The molecule has 3 aromatic carbocycles. The van der Waals surface area contributed by atoms with E-state index in [0.29, 0.717) is 0 Å². The molecule has 0 fully saturated rings.